The Kier molecular flexibility index (Phi) is 11.8. The predicted molar refractivity (Wildman–Crippen MR) is 240 cm³/mol. The maximum absolute atomic E-state index is 15.0. The van der Waals surface area contributed by atoms with Crippen molar-refractivity contribution in [1.29, 1.82) is 0 Å². The second-order valence-electron chi connectivity index (χ2n) is 18.9. The highest BCUT2D eigenvalue weighted by atomic mass is 19.1. The van der Waals surface area contributed by atoms with Crippen molar-refractivity contribution < 1.29 is 37.8 Å². The number of halogens is 1. The zero-order valence-corrected chi connectivity index (χ0v) is 37.8. The quantitative estimate of drug-likeness (QED) is 0.109. The first-order valence-corrected chi connectivity index (χ1v) is 22.7. The summed E-state index contributed by atoms with van der Waals surface area (Å²) in [5.41, 5.74) is 6.50. The molecule has 0 radical (unpaired) electrons. The van der Waals surface area contributed by atoms with E-state index in [0.29, 0.717) is 30.5 Å². The summed E-state index contributed by atoms with van der Waals surface area (Å²) in [6, 6.07) is 12.3. The molecule has 2 aromatic carbocycles. The number of nitrogens with one attached hydrogen (secondary N) is 4. The molecule has 1 saturated carbocycles. The lowest BCUT2D eigenvalue weighted by Crippen LogP contribution is -2.51. The highest BCUT2D eigenvalue weighted by Gasteiger charge is 2.43. The zero-order chi connectivity index (χ0) is 45.7. The number of aromatic nitrogens is 5. The number of benzene rings is 2. The van der Waals surface area contributed by atoms with Crippen LogP contribution in [0.5, 0.6) is 5.75 Å². The number of fused-ring (bicyclic) bond motifs is 5. The Labute approximate surface area is 377 Å². The zero-order valence-electron chi connectivity index (χ0n) is 37.8. The lowest BCUT2D eigenvalue weighted by atomic mass is 9.69. The van der Waals surface area contributed by atoms with Crippen molar-refractivity contribution in [2.24, 2.45) is 17.3 Å². The van der Waals surface area contributed by atoms with Crippen molar-refractivity contribution in [2.45, 2.75) is 103 Å². The number of ether oxygens (including phenoxy) is 3. The molecule has 2 saturated heterocycles. The van der Waals surface area contributed by atoms with Crippen LogP contribution in [0, 0.1) is 17.3 Å². The largest absolute Gasteiger partial charge is 0.492 e. The fraction of sp³-hybridized carbons (Fsp3) is 0.500. The first kappa shape index (κ1) is 43.8. The molecule has 0 unspecified atom stereocenters. The summed E-state index contributed by atoms with van der Waals surface area (Å²) in [7, 11) is 2.53. The van der Waals surface area contributed by atoms with E-state index < -0.39 is 36.5 Å². The molecule has 6 heterocycles. The lowest BCUT2D eigenvalue weighted by Gasteiger charge is -2.43. The fourth-order valence-corrected chi connectivity index (χ4v) is 10.1. The van der Waals surface area contributed by atoms with Crippen LogP contribution >= 0.6 is 0 Å². The van der Waals surface area contributed by atoms with Crippen LogP contribution in [-0.2, 0) is 25.6 Å². The van der Waals surface area contributed by atoms with E-state index in [1.54, 1.807) is 6.20 Å². The van der Waals surface area contributed by atoms with Crippen LogP contribution < -0.4 is 15.4 Å². The van der Waals surface area contributed by atoms with Crippen molar-refractivity contribution in [2.75, 3.05) is 33.9 Å². The Morgan fingerprint density at radius 3 is 2.05 bits per heavy atom. The third kappa shape index (κ3) is 8.29. The van der Waals surface area contributed by atoms with Gasteiger partial charge in [0.15, 0.2) is 0 Å². The standard InChI is InChI=1S/C48H58FN9O7/c1-26(2)40(54-46(61)63-5)44(59)56-16-7-9-36(56)42-50-21-33(52-42)28-11-13-35-30(17-28)18-37-32-12-10-29(19-39(32)65-25-48(14-8-15-48)24-58(35)37)34-22-51-43(53-34)38-20-31(49)23-57(38)45(60)41(27(3)4)55-47(62)64-6/h10-13,17-19,21-22,26-27,31,36,38,40-41H,7-9,14-16,20,23-25H2,1-6H3,(H,50,52)(H,51,53)(H,54,61)(H,55,62)/t31-,36+,38+,40-,41-/m0/s1. The van der Waals surface area contributed by atoms with Gasteiger partial charge in [0.1, 0.15) is 35.7 Å². The van der Waals surface area contributed by atoms with Crippen LogP contribution in [0.4, 0.5) is 14.0 Å². The van der Waals surface area contributed by atoms with E-state index in [2.05, 4.69) is 60.5 Å². The van der Waals surface area contributed by atoms with Gasteiger partial charge in [-0.05, 0) is 67.9 Å². The van der Waals surface area contributed by atoms with Crippen LogP contribution in [-0.4, -0.2) is 110 Å². The van der Waals surface area contributed by atoms with Crippen LogP contribution in [0.3, 0.4) is 0 Å². The molecule has 0 bridgehead atoms. The molecule has 16 nitrogen and oxygen atoms in total. The highest BCUT2D eigenvalue weighted by Crippen LogP contribution is 2.48. The molecule has 4 N–H and O–H groups in total. The summed E-state index contributed by atoms with van der Waals surface area (Å²) >= 11 is 0. The molecule has 17 heteroatoms. The van der Waals surface area contributed by atoms with Crippen LogP contribution in [0.15, 0.2) is 54.9 Å². The van der Waals surface area contributed by atoms with E-state index in [1.165, 1.54) is 19.1 Å². The number of alkyl carbamates (subject to hydrolysis) is 2. The molecule has 3 fully saturated rings. The molecule has 9 rings (SSSR count). The van der Waals surface area contributed by atoms with Gasteiger partial charge in [-0.15, -0.1) is 0 Å². The number of hydrogen-bond donors (Lipinski definition) is 4. The van der Waals surface area contributed by atoms with Gasteiger partial charge >= 0.3 is 12.2 Å². The number of alkyl halides is 1. The number of hydrogen-bond acceptors (Lipinski definition) is 9. The minimum absolute atomic E-state index is 0.00398. The van der Waals surface area contributed by atoms with Gasteiger partial charge in [-0.25, -0.2) is 23.9 Å². The SMILES string of the molecule is COC(=O)N[C@H](C(=O)N1CCC[C@@H]1c1ncc(-c2ccc3c(c2)cc2n3CC3(CCC3)COc3cc(-c4cnc([C@H]5C[C@H](F)CN5C(=O)[C@@H](NC(=O)OC)C(C)C)[nH]4)ccc3-2)[nH]1)C(C)C. The summed E-state index contributed by atoms with van der Waals surface area (Å²) in [5, 5.41) is 6.41. The minimum Gasteiger partial charge on any atom is -0.492 e. The highest BCUT2D eigenvalue weighted by molar-refractivity contribution is 5.92. The number of methoxy groups -OCH3 is 2. The summed E-state index contributed by atoms with van der Waals surface area (Å²) in [6.45, 7) is 9.33. The number of aromatic amines is 2. The molecule has 5 atom stereocenters. The lowest BCUT2D eigenvalue weighted by molar-refractivity contribution is -0.136. The predicted octanol–water partition coefficient (Wildman–Crippen LogP) is 7.69. The Morgan fingerprint density at radius 1 is 0.815 bits per heavy atom. The van der Waals surface area contributed by atoms with Gasteiger partial charge < -0.3 is 49.2 Å². The van der Waals surface area contributed by atoms with E-state index in [0.717, 1.165) is 83.4 Å². The Bertz CT molecular complexity index is 2610. The van der Waals surface area contributed by atoms with Gasteiger partial charge in [-0.1, -0.05) is 46.2 Å². The Hall–Kier alpha value is -6.39. The topological polar surface area (TPSA) is 189 Å². The van der Waals surface area contributed by atoms with Crippen molar-refractivity contribution in [1.82, 2.24) is 44.9 Å². The molecule has 4 aliphatic rings. The monoisotopic (exact) mass is 891 g/mol. The fourth-order valence-electron chi connectivity index (χ4n) is 10.1. The van der Waals surface area contributed by atoms with E-state index >= 15 is 4.39 Å². The van der Waals surface area contributed by atoms with Crippen LogP contribution in [0.25, 0.3) is 44.7 Å². The van der Waals surface area contributed by atoms with E-state index in [9.17, 15) is 19.2 Å². The molecule has 5 aromatic rings. The number of H-pyrrole nitrogens is 2. The van der Waals surface area contributed by atoms with Gasteiger partial charge in [0.05, 0.1) is 68.9 Å². The van der Waals surface area contributed by atoms with Gasteiger partial charge in [0.25, 0.3) is 0 Å². The smallest absolute Gasteiger partial charge is 0.407 e. The van der Waals surface area contributed by atoms with Crippen molar-refractivity contribution >= 4 is 34.9 Å². The third-order valence-electron chi connectivity index (χ3n) is 13.9. The number of carbonyl (C=O) groups excluding carboxylic acids is 4. The van der Waals surface area contributed by atoms with Crippen LogP contribution in [0.1, 0.15) is 90.0 Å². The van der Waals surface area contributed by atoms with Gasteiger partial charge in [-0.3, -0.25) is 9.59 Å². The van der Waals surface area contributed by atoms with Crippen molar-refractivity contribution in [3.05, 3.63) is 66.5 Å². The first-order valence-electron chi connectivity index (χ1n) is 22.7. The van der Waals surface area contributed by atoms with Crippen molar-refractivity contribution in [3.63, 3.8) is 0 Å². The van der Waals surface area contributed by atoms with Crippen LogP contribution in [0.2, 0.25) is 0 Å². The number of likely N-dealkylation sites (tertiary alicyclic amines) is 2. The molecule has 3 aliphatic heterocycles. The number of carbonyl (C=O) groups is 4. The number of rotatable bonds is 10. The second-order valence-corrected chi connectivity index (χ2v) is 18.9. The minimum atomic E-state index is -1.24. The maximum atomic E-state index is 15.0. The van der Waals surface area contributed by atoms with Gasteiger partial charge in [0.2, 0.25) is 11.8 Å². The molecule has 1 aliphatic carbocycles. The number of amides is 4. The second kappa shape index (κ2) is 17.5. The third-order valence-corrected chi connectivity index (χ3v) is 13.9. The first-order chi connectivity index (χ1) is 31.3. The Balaban J connectivity index is 0.991. The van der Waals surface area contributed by atoms with Crippen molar-refractivity contribution in [3.8, 4) is 39.5 Å². The summed E-state index contributed by atoms with van der Waals surface area (Å²) in [6.07, 6.45) is 5.89. The molecule has 4 amide bonds. The normalized spacial score (nSPS) is 21.0. The molecule has 3 aromatic heterocycles. The molecular formula is C48H58FN9O7. The molecule has 344 valence electrons. The summed E-state index contributed by atoms with van der Waals surface area (Å²) in [4.78, 5) is 71.3. The number of imidazole rings is 2. The maximum Gasteiger partial charge on any atom is 0.407 e. The van der Waals surface area contributed by atoms with Gasteiger partial charge in [0, 0.05) is 52.5 Å². The Morgan fingerprint density at radius 2 is 1.43 bits per heavy atom. The van der Waals surface area contributed by atoms with E-state index in [4.69, 9.17) is 19.2 Å². The van der Waals surface area contributed by atoms with E-state index in [1.807, 2.05) is 50.9 Å². The molecule has 65 heavy (non-hydrogen) atoms. The molecule has 1 spiro atoms. The summed E-state index contributed by atoms with van der Waals surface area (Å²) in [5.74, 6) is 1.01. The number of nitrogens with zero attached hydrogens (tertiary/aromatic N) is 5. The molecular weight excluding hydrogens is 834 g/mol. The van der Waals surface area contributed by atoms with Gasteiger partial charge in [-0.2, -0.15) is 0 Å². The van der Waals surface area contributed by atoms with E-state index in [-0.39, 0.29) is 48.1 Å². The average Bonchev–Trinajstić information content (AvgIpc) is 4.14. The average molecular weight is 892 g/mol. The summed E-state index contributed by atoms with van der Waals surface area (Å²) < 4.78 is 33.7.